The smallest absolute Gasteiger partial charge is 0.232 e. The van der Waals surface area contributed by atoms with E-state index in [0.29, 0.717) is 17.5 Å². The third kappa shape index (κ3) is 3.46. The summed E-state index contributed by atoms with van der Waals surface area (Å²) in [5.74, 6) is 0.621. The van der Waals surface area contributed by atoms with Crippen LogP contribution in [0.4, 0.5) is 0 Å². The number of nitrogens with two attached hydrogens (primary N) is 1. The van der Waals surface area contributed by atoms with E-state index >= 15 is 0 Å². The molecule has 0 aromatic heterocycles. The van der Waals surface area contributed by atoms with Crippen LogP contribution in [0.3, 0.4) is 0 Å². The normalized spacial score (nSPS) is 18.8. The summed E-state index contributed by atoms with van der Waals surface area (Å²) in [6, 6.07) is 7.52. The second kappa shape index (κ2) is 6.79. The molecule has 3 nitrogen and oxygen atoms in total. The van der Waals surface area contributed by atoms with Crippen LogP contribution in [0.15, 0.2) is 24.3 Å². The maximum Gasteiger partial charge on any atom is 0.232 e. The molecular formula is C15H22Cl2N2O. The predicted molar refractivity (Wildman–Crippen MR) is 85.5 cm³/mol. The first-order valence-electron chi connectivity index (χ1n) is 6.70. The van der Waals surface area contributed by atoms with Crippen LogP contribution >= 0.6 is 24.0 Å². The van der Waals surface area contributed by atoms with Crippen LogP contribution in [0.2, 0.25) is 5.02 Å². The molecule has 1 aromatic carbocycles. The summed E-state index contributed by atoms with van der Waals surface area (Å²) in [6.45, 7) is 6.19. The predicted octanol–water partition coefficient (Wildman–Crippen LogP) is 2.85. The van der Waals surface area contributed by atoms with Crippen LogP contribution in [0.5, 0.6) is 0 Å². The van der Waals surface area contributed by atoms with Crippen molar-refractivity contribution in [2.45, 2.75) is 25.7 Å². The molecule has 1 aliphatic heterocycles. The number of carbonyl (C=O) groups excluding carboxylic acids is 1. The number of likely N-dealkylation sites (tertiary alicyclic amines) is 1. The molecule has 2 N–H and O–H groups in total. The van der Waals surface area contributed by atoms with Crippen LogP contribution < -0.4 is 5.73 Å². The molecule has 1 unspecified atom stereocenters. The molecule has 2 rings (SSSR count). The summed E-state index contributed by atoms with van der Waals surface area (Å²) < 4.78 is 0. The molecule has 1 aliphatic rings. The van der Waals surface area contributed by atoms with Crippen LogP contribution in [-0.2, 0) is 10.2 Å². The van der Waals surface area contributed by atoms with Crippen molar-refractivity contribution in [2.24, 2.45) is 11.7 Å². The van der Waals surface area contributed by atoms with Crippen molar-refractivity contribution in [1.29, 1.82) is 0 Å². The van der Waals surface area contributed by atoms with E-state index < -0.39 is 5.41 Å². The summed E-state index contributed by atoms with van der Waals surface area (Å²) in [5, 5.41) is 0.691. The zero-order valence-electron chi connectivity index (χ0n) is 11.9. The van der Waals surface area contributed by atoms with Gasteiger partial charge in [0.05, 0.1) is 5.41 Å². The summed E-state index contributed by atoms with van der Waals surface area (Å²) in [6.07, 6.45) is 1.01. The van der Waals surface area contributed by atoms with Gasteiger partial charge in [-0.15, -0.1) is 12.4 Å². The van der Waals surface area contributed by atoms with E-state index in [-0.39, 0.29) is 18.3 Å². The van der Waals surface area contributed by atoms with Crippen molar-refractivity contribution in [2.75, 3.05) is 19.6 Å². The fraction of sp³-hybridized carbons (Fsp3) is 0.533. The molecule has 0 saturated carbocycles. The molecule has 112 valence electrons. The van der Waals surface area contributed by atoms with Crippen LogP contribution in [0, 0.1) is 5.92 Å². The van der Waals surface area contributed by atoms with E-state index in [9.17, 15) is 4.79 Å². The van der Waals surface area contributed by atoms with Crippen molar-refractivity contribution in [1.82, 2.24) is 4.90 Å². The number of rotatable bonds is 3. The molecule has 0 radical (unpaired) electrons. The Labute approximate surface area is 131 Å². The number of hydrogen-bond donors (Lipinski definition) is 1. The quantitative estimate of drug-likeness (QED) is 0.932. The molecule has 5 heteroatoms. The largest absolute Gasteiger partial charge is 0.342 e. The van der Waals surface area contributed by atoms with Gasteiger partial charge < -0.3 is 10.6 Å². The maximum absolute atomic E-state index is 12.7. The SMILES string of the molecule is CC(C)(C(=O)N1CCC(CN)C1)c1ccc(Cl)cc1.Cl. The lowest BCUT2D eigenvalue weighted by molar-refractivity contribution is -0.135. The van der Waals surface area contributed by atoms with Gasteiger partial charge in [-0.2, -0.15) is 0 Å². The molecule has 20 heavy (non-hydrogen) atoms. The average Bonchev–Trinajstić information content (AvgIpc) is 2.87. The van der Waals surface area contributed by atoms with E-state index in [1.54, 1.807) is 0 Å². The highest BCUT2D eigenvalue weighted by molar-refractivity contribution is 6.30. The maximum atomic E-state index is 12.7. The zero-order chi connectivity index (χ0) is 14.0. The molecule has 1 amide bonds. The van der Waals surface area contributed by atoms with E-state index in [2.05, 4.69) is 0 Å². The fourth-order valence-corrected chi connectivity index (χ4v) is 2.72. The van der Waals surface area contributed by atoms with Gasteiger partial charge in [0.2, 0.25) is 5.91 Å². The van der Waals surface area contributed by atoms with Gasteiger partial charge in [0, 0.05) is 18.1 Å². The number of halogens is 2. The standard InChI is InChI=1S/C15H21ClN2O.ClH/c1-15(2,12-3-5-13(16)6-4-12)14(19)18-8-7-11(9-17)10-18;/h3-6,11H,7-10,17H2,1-2H3;1H. The molecule has 1 aromatic rings. The minimum absolute atomic E-state index is 0. The van der Waals surface area contributed by atoms with Crippen LogP contribution in [0.25, 0.3) is 0 Å². The summed E-state index contributed by atoms with van der Waals surface area (Å²) in [4.78, 5) is 14.6. The number of benzene rings is 1. The Hall–Kier alpha value is -0.770. The van der Waals surface area contributed by atoms with E-state index in [0.717, 1.165) is 25.1 Å². The Morgan fingerprint density at radius 3 is 2.50 bits per heavy atom. The molecule has 1 heterocycles. The Kier molecular flexibility index (Phi) is 5.87. The third-order valence-corrected chi connectivity index (χ3v) is 4.26. The number of amides is 1. The van der Waals surface area contributed by atoms with E-state index in [4.69, 9.17) is 17.3 Å². The minimum Gasteiger partial charge on any atom is -0.342 e. The van der Waals surface area contributed by atoms with Gasteiger partial charge in [0.25, 0.3) is 0 Å². The molecular weight excluding hydrogens is 295 g/mol. The van der Waals surface area contributed by atoms with Crippen molar-refractivity contribution in [3.63, 3.8) is 0 Å². The van der Waals surface area contributed by atoms with Gasteiger partial charge in [-0.25, -0.2) is 0 Å². The second-order valence-electron chi connectivity index (χ2n) is 5.77. The van der Waals surface area contributed by atoms with Crippen molar-refractivity contribution >= 4 is 29.9 Å². The van der Waals surface area contributed by atoms with Crippen molar-refractivity contribution in [3.05, 3.63) is 34.9 Å². The second-order valence-corrected chi connectivity index (χ2v) is 6.21. The van der Waals surface area contributed by atoms with Gasteiger partial charge >= 0.3 is 0 Å². The topological polar surface area (TPSA) is 46.3 Å². The van der Waals surface area contributed by atoms with Gasteiger partial charge in [-0.1, -0.05) is 23.7 Å². The zero-order valence-corrected chi connectivity index (χ0v) is 13.5. The van der Waals surface area contributed by atoms with Crippen molar-refractivity contribution < 1.29 is 4.79 Å². The number of carbonyl (C=O) groups is 1. The van der Waals surface area contributed by atoms with Gasteiger partial charge in [-0.05, 0) is 50.4 Å². The minimum atomic E-state index is -0.520. The molecule has 1 atom stereocenters. The Morgan fingerprint density at radius 1 is 1.40 bits per heavy atom. The highest BCUT2D eigenvalue weighted by atomic mass is 35.5. The lowest BCUT2D eigenvalue weighted by Crippen LogP contribution is -2.42. The third-order valence-electron chi connectivity index (χ3n) is 4.01. The Bertz CT molecular complexity index is 459. The van der Waals surface area contributed by atoms with E-state index in [1.807, 2.05) is 43.0 Å². The average molecular weight is 317 g/mol. The van der Waals surface area contributed by atoms with Gasteiger partial charge in [0.1, 0.15) is 0 Å². The van der Waals surface area contributed by atoms with Gasteiger partial charge in [-0.3, -0.25) is 4.79 Å². The summed E-state index contributed by atoms with van der Waals surface area (Å²) >= 11 is 5.90. The van der Waals surface area contributed by atoms with Crippen molar-refractivity contribution in [3.8, 4) is 0 Å². The molecule has 1 fully saturated rings. The first kappa shape index (κ1) is 17.3. The molecule has 0 spiro atoms. The number of nitrogens with zero attached hydrogens (tertiary/aromatic N) is 1. The molecule has 0 bridgehead atoms. The van der Waals surface area contributed by atoms with Gasteiger partial charge in [0.15, 0.2) is 0 Å². The highest BCUT2D eigenvalue weighted by Crippen LogP contribution is 2.29. The molecule has 0 aliphatic carbocycles. The highest BCUT2D eigenvalue weighted by Gasteiger charge is 2.36. The molecule has 1 saturated heterocycles. The summed E-state index contributed by atoms with van der Waals surface area (Å²) in [5.41, 5.74) is 6.16. The Morgan fingerprint density at radius 2 is 2.00 bits per heavy atom. The first-order valence-corrected chi connectivity index (χ1v) is 7.08. The lowest BCUT2D eigenvalue weighted by atomic mass is 9.83. The Balaban J connectivity index is 0.00000200. The van der Waals surface area contributed by atoms with E-state index in [1.165, 1.54) is 0 Å². The fourth-order valence-electron chi connectivity index (χ4n) is 2.59. The first-order chi connectivity index (χ1) is 8.95. The number of hydrogen-bond acceptors (Lipinski definition) is 2. The monoisotopic (exact) mass is 316 g/mol. The lowest BCUT2D eigenvalue weighted by Gasteiger charge is -2.30. The van der Waals surface area contributed by atoms with Crippen LogP contribution in [-0.4, -0.2) is 30.4 Å². The van der Waals surface area contributed by atoms with Crippen LogP contribution in [0.1, 0.15) is 25.8 Å². The summed E-state index contributed by atoms with van der Waals surface area (Å²) in [7, 11) is 0.